The molecule has 2 heterocycles. The first-order valence-electron chi connectivity index (χ1n) is 4.75. The van der Waals surface area contributed by atoms with Crippen molar-refractivity contribution in [3.63, 3.8) is 0 Å². The molecule has 0 spiro atoms. The van der Waals surface area contributed by atoms with Gasteiger partial charge in [-0.15, -0.1) is 0 Å². The molecule has 0 aliphatic carbocycles. The fourth-order valence-electron chi connectivity index (χ4n) is 1.52. The van der Waals surface area contributed by atoms with Crippen molar-refractivity contribution in [1.82, 2.24) is 9.55 Å². The molecule has 2 aromatic heterocycles. The zero-order valence-electron chi connectivity index (χ0n) is 8.71. The van der Waals surface area contributed by atoms with Crippen LogP contribution in [0.2, 0.25) is 0 Å². The third-order valence-electron chi connectivity index (χ3n) is 2.27. The van der Waals surface area contributed by atoms with Gasteiger partial charge < -0.3 is 9.30 Å². The van der Waals surface area contributed by atoms with Crippen LogP contribution in [-0.4, -0.2) is 22.4 Å². The van der Waals surface area contributed by atoms with Gasteiger partial charge in [-0.1, -0.05) is 0 Å². The number of rotatable bonds is 3. The molecule has 0 atom stereocenters. The van der Waals surface area contributed by atoms with Crippen molar-refractivity contribution in [2.24, 2.45) is 7.05 Å². The Balaban J connectivity index is 2.69. The highest BCUT2D eigenvalue weighted by molar-refractivity contribution is 5.81. The second-order valence-corrected chi connectivity index (χ2v) is 3.25. The zero-order chi connectivity index (χ0) is 11.5. The number of carbonyl (C=O) groups is 1. The average Bonchev–Trinajstić information content (AvgIpc) is 2.31. The first kappa shape index (κ1) is 10.4. The van der Waals surface area contributed by atoms with Crippen molar-refractivity contribution in [3.8, 4) is 5.75 Å². The van der Waals surface area contributed by atoms with Crippen molar-refractivity contribution < 1.29 is 9.53 Å². The van der Waals surface area contributed by atoms with Crippen LogP contribution in [0.3, 0.4) is 0 Å². The second kappa shape index (κ2) is 4.14. The fraction of sp³-hybridized carbons (Fsp3) is 0.182. The average molecular weight is 218 g/mol. The Bertz CT molecular complexity index is 589. The summed E-state index contributed by atoms with van der Waals surface area (Å²) in [7, 11) is 1.64. The number of fused-ring (bicyclic) bond motifs is 1. The molecule has 0 N–H and O–H groups in total. The summed E-state index contributed by atoms with van der Waals surface area (Å²) in [6, 6.07) is 4.70. The number of aldehydes is 1. The highest BCUT2D eigenvalue weighted by Crippen LogP contribution is 2.21. The summed E-state index contributed by atoms with van der Waals surface area (Å²) in [6.07, 6.45) is 2.24. The summed E-state index contributed by atoms with van der Waals surface area (Å²) in [6.45, 7) is -0.0395. The fourth-order valence-corrected chi connectivity index (χ4v) is 1.52. The van der Waals surface area contributed by atoms with E-state index in [1.165, 1.54) is 10.6 Å². The molecule has 0 bridgehead atoms. The Labute approximate surface area is 91.3 Å². The van der Waals surface area contributed by atoms with Crippen molar-refractivity contribution >= 4 is 17.3 Å². The van der Waals surface area contributed by atoms with E-state index < -0.39 is 0 Å². The minimum absolute atomic E-state index is 0.0395. The van der Waals surface area contributed by atoms with E-state index >= 15 is 0 Å². The van der Waals surface area contributed by atoms with E-state index in [0.29, 0.717) is 23.1 Å². The number of carbonyl (C=O) groups excluding carboxylic acids is 1. The predicted octanol–water partition coefficient (Wildman–Crippen LogP) is 0.511. The molecule has 5 heteroatoms. The van der Waals surface area contributed by atoms with E-state index in [2.05, 4.69) is 4.98 Å². The van der Waals surface area contributed by atoms with Gasteiger partial charge >= 0.3 is 0 Å². The van der Waals surface area contributed by atoms with Crippen LogP contribution in [-0.2, 0) is 11.8 Å². The zero-order valence-corrected chi connectivity index (χ0v) is 8.71. The van der Waals surface area contributed by atoms with Crippen molar-refractivity contribution in [1.29, 1.82) is 0 Å². The molecule has 2 rings (SSSR count). The van der Waals surface area contributed by atoms with Gasteiger partial charge in [0.15, 0.2) is 6.29 Å². The molecule has 0 saturated heterocycles. The van der Waals surface area contributed by atoms with Crippen LogP contribution in [0.4, 0.5) is 0 Å². The Hall–Kier alpha value is -2.17. The number of ether oxygens (including phenoxy) is 1. The lowest BCUT2D eigenvalue weighted by molar-refractivity contribution is -0.109. The van der Waals surface area contributed by atoms with E-state index in [-0.39, 0.29) is 12.2 Å². The summed E-state index contributed by atoms with van der Waals surface area (Å²) in [4.78, 5) is 25.8. The molecule has 0 radical (unpaired) electrons. The predicted molar refractivity (Wildman–Crippen MR) is 58.5 cm³/mol. The van der Waals surface area contributed by atoms with Gasteiger partial charge in [0, 0.05) is 25.4 Å². The number of aromatic nitrogens is 2. The van der Waals surface area contributed by atoms with E-state index in [1.807, 2.05) is 0 Å². The van der Waals surface area contributed by atoms with Crippen LogP contribution in [0.1, 0.15) is 0 Å². The number of hydrogen-bond acceptors (Lipinski definition) is 4. The summed E-state index contributed by atoms with van der Waals surface area (Å²) in [5.41, 5.74) is 1.11. The summed E-state index contributed by atoms with van der Waals surface area (Å²) in [5.74, 6) is 0.484. The Kier molecular flexibility index (Phi) is 2.68. The van der Waals surface area contributed by atoms with Crippen LogP contribution in [0, 0.1) is 0 Å². The maximum absolute atomic E-state index is 11.5. The lowest BCUT2D eigenvalue weighted by Gasteiger charge is -2.09. The van der Waals surface area contributed by atoms with Crippen LogP contribution in [0.25, 0.3) is 11.0 Å². The standard InChI is InChI=1S/C11H10N2O3/c1-13-10(15)3-2-8-11(13)9(4-5-12-8)16-7-6-14/h2-6H,7H2,1H3. The van der Waals surface area contributed by atoms with Gasteiger partial charge in [-0.25, -0.2) is 0 Å². The molecule has 0 amide bonds. The SMILES string of the molecule is Cn1c(=O)ccc2nccc(OCC=O)c21. The normalized spacial score (nSPS) is 10.3. The monoisotopic (exact) mass is 218 g/mol. The quantitative estimate of drug-likeness (QED) is 0.704. The van der Waals surface area contributed by atoms with Crippen molar-refractivity contribution in [3.05, 3.63) is 34.7 Å². The lowest BCUT2D eigenvalue weighted by Crippen LogP contribution is -2.16. The maximum Gasteiger partial charge on any atom is 0.250 e. The minimum atomic E-state index is -0.142. The lowest BCUT2D eigenvalue weighted by atomic mass is 10.3. The number of hydrogen-bond donors (Lipinski definition) is 0. The van der Waals surface area contributed by atoms with Gasteiger partial charge in [-0.3, -0.25) is 14.6 Å². The summed E-state index contributed by atoms with van der Waals surface area (Å²) >= 11 is 0. The van der Waals surface area contributed by atoms with E-state index in [4.69, 9.17) is 4.74 Å². The molecule has 5 nitrogen and oxygen atoms in total. The largest absolute Gasteiger partial charge is 0.484 e. The molecule has 2 aromatic rings. The first-order valence-corrected chi connectivity index (χ1v) is 4.75. The Morgan fingerprint density at radius 2 is 2.25 bits per heavy atom. The smallest absolute Gasteiger partial charge is 0.250 e. The Morgan fingerprint density at radius 3 is 3.00 bits per heavy atom. The van der Waals surface area contributed by atoms with Gasteiger partial charge in [0.25, 0.3) is 5.56 Å². The van der Waals surface area contributed by atoms with Crippen LogP contribution >= 0.6 is 0 Å². The highest BCUT2D eigenvalue weighted by Gasteiger charge is 2.06. The third kappa shape index (κ3) is 1.67. The molecule has 0 fully saturated rings. The molecular weight excluding hydrogens is 208 g/mol. The van der Waals surface area contributed by atoms with E-state index in [1.54, 1.807) is 25.4 Å². The summed E-state index contributed by atoms with van der Waals surface area (Å²) < 4.78 is 6.68. The van der Waals surface area contributed by atoms with Crippen LogP contribution in [0.15, 0.2) is 29.2 Å². The van der Waals surface area contributed by atoms with Crippen LogP contribution < -0.4 is 10.3 Å². The third-order valence-corrected chi connectivity index (χ3v) is 2.27. The van der Waals surface area contributed by atoms with Crippen molar-refractivity contribution in [2.75, 3.05) is 6.61 Å². The van der Waals surface area contributed by atoms with Crippen molar-refractivity contribution in [2.45, 2.75) is 0 Å². The van der Waals surface area contributed by atoms with Crippen LogP contribution in [0.5, 0.6) is 5.75 Å². The molecule has 0 aromatic carbocycles. The molecule has 82 valence electrons. The molecule has 16 heavy (non-hydrogen) atoms. The van der Waals surface area contributed by atoms with Gasteiger partial charge in [-0.2, -0.15) is 0 Å². The maximum atomic E-state index is 11.5. The minimum Gasteiger partial charge on any atom is -0.484 e. The summed E-state index contributed by atoms with van der Waals surface area (Å²) in [5, 5.41) is 0. The van der Waals surface area contributed by atoms with Gasteiger partial charge in [0.05, 0.1) is 5.52 Å². The second-order valence-electron chi connectivity index (χ2n) is 3.25. The van der Waals surface area contributed by atoms with E-state index in [0.717, 1.165) is 0 Å². The molecule has 0 saturated carbocycles. The van der Waals surface area contributed by atoms with E-state index in [9.17, 15) is 9.59 Å². The first-order chi connectivity index (χ1) is 7.74. The molecular formula is C11H10N2O3. The molecule has 0 aliphatic rings. The highest BCUT2D eigenvalue weighted by atomic mass is 16.5. The number of pyridine rings is 2. The topological polar surface area (TPSA) is 61.2 Å². The number of nitrogens with zero attached hydrogens (tertiary/aromatic N) is 2. The van der Waals surface area contributed by atoms with Gasteiger partial charge in [-0.05, 0) is 6.07 Å². The molecule has 0 aliphatic heterocycles. The number of aryl methyl sites for hydroxylation is 1. The van der Waals surface area contributed by atoms with Gasteiger partial charge in [0.2, 0.25) is 0 Å². The van der Waals surface area contributed by atoms with Gasteiger partial charge in [0.1, 0.15) is 17.9 Å². The molecule has 0 unspecified atom stereocenters. The Morgan fingerprint density at radius 1 is 1.44 bits per heavy atom.